The van der Waals surface area contributed by atoms with Crippen molar-refractivity contribution in [1.82, 2.24) is 15.3 Å². The fourth-order valence-corrected chi connectivity index (χ4v) is 2.61. The number of hydrogen-bond acceptors (Lipinski definition) is 3. The maximum Gasteiger partial charge on any atom is 0.253 e. The number of halogens is 2. The first kappa shape index (κ1) is 16.3. The minimum absolute atomic E-state index is 0.213. The number of anilines is 1. The molecule has 3 rings (SSSR count). The van der Waals surface area contributed by atoms with Crippen LogP contribution in [-0.4, -0.2) is 28.3 Å². The van der Waals surface area contributed by atoms with Crippen molar-refractivity contribution in [2.24, 2.45) is 0 Å². The second kappa shape index (κ2) is 6.90. The van der Waals surface area contributed by atoms with Gasteiger partial charge in [-0.05, 0) is 30.3 Å². The molecule has 24 heavy (non-hydrogen) atoms. The Morgan fingerprint density at radius 2 is 1.92 bits per heavy atom. The number of nitrogens with one attached hydrogen (secondary N) is 3. The molecule has 1 heterocycles. The van der Waals surface area contributed by atoms with Gasteiger partial charge in [-0.15, -0.1) is 0 Å². The van der Waals surface area contributed by atoms with Gasteiger partial charge in [0.2, 0.25) is 11.9 Å². The SMILES string of the molecule is O=C(CNC(=O)c1ccc(Cl)cc1Cl)Nc1nc2ccccc2[nH]1. The van der Waals surface area contributed by atoms with Crippen LogP contribution in [0.1, 0.15) is 10.4 Å². The molecule has 122 valence electrons. The minimum atomic E-state index is -0.462. The third kappa shape index (κ3) is 3.67. The van der Waals surface area contributed by atoms with E-state index < -0.39 is 11.8 Å². The van der Waals surface area contributed by atoms with E-state index in [9.17, 15) is 9.59 Å². The quantitative estimate of drug-likeness (QED) is 0.665. The number of H-pyrrole nitrogens is 1. The van der Waals surface area contributed by atoms with Crippen molar-refractivity contribution in [3.63, 3.8) is 0 Å². The van der Waals surface area contributed by atoms with Crippen molar-refractivity contribution in [3.8, 4) is 0 Å². The van der Waals surface area contributed by atoms with Gasteiger partial charge in [-0.2, -0.15) is 0 Å². The molecule has 0 aliphatic heterocycles. The fourth-order valence-electron chi connectivity index (χ4n) is 2.12. The highest BCUT2D eigenvalue weighted by Gasteiger charge is 2.13. The molecule has 0 fully saturated rings. The first-order chi connectivity index (χ1) is 11.5. The van der Waals surface area contributed by atoms with Gasteiger partial charge in [0.1, 0.15) is 0 Å². The summed E-state index contributed by atoms with van der Waals surface area (Å²) < 4.78 is 0. The van der Waals surface area contributed by atoms with Gasteiger partial charge < -0.3 is 10.3 Å². The molecule has 0 aliphatic carbocycles. The Morgan fingerprint density at radius 3 is 2.67 bits per heavy atom. The Morgan fingerprint density at radius 1 is 1.12 bits per heavy atom. The molecule has 0 saturated heterocycles. The van der Waals surface area contributed by atoms with E-state index in [-0.39, 0.29) is 17.1 Å². The molecule has 3 aromatic rings. The van der Waals surface area contributed by atoms with Crippen LogP contribution < -0.4 is 10.6 Å². The maximum atomic E-state index is 12.0. The summed E-state index contributed by atoms with van der Waals surface area (Å²) in [5.41, 5.74) is 1.80. The van der Waals surface area contributed by atoms with E-state index in [0.29, 0.717) is 11.0 Å². The lowest BCUT2D eigenvalue weighted by molar-refractivity contribution is -0.115. The molecule has 2 aromatic carbocycles. The Bertz CT molecular complexity index is 890. The number of carbonyl (C=O) groups excluding carboxylic acids is 2. The summed E-state index contributed by atoms with van der Waals surface area (Å²) in [4.78, 5) is 31.2. The third-order valence-corrected chi connectivity index (χ3v) is 3.78. The highest BCUT2D eigenvalue weighted by Crippen LogP contribution is 2.20. The molecule has 0 atom stereocenters. The first-order valence-corrected chi connectivity index (χ1v) is 7.76. The summed E-state index contributed by atoms with van der Waals surface area (Å²) in [5, 5.41) is 5.73. The van der Waals surface area contributed by atoms with Crippen LogP contribution in [0.4, 0.5) is 5.95 Å². The lowest BCUT2D eigenvalue weighted by Gasteiger charge is -2.07. The van der Waals surface area contributed by atoms with E-state index in [0.717, 1.165) is 11.0 Å². The van der Waals surface area contributed by atoms with Gasteiger partial charge in [0.25, 0.3) is 5.91 Å². The topological polar surface area (TPSA) is 86.9 Å². The van der Waals surface area contributed by atoms with Crippen molar-refractivity contribution in [2.75, 3.05) is 11.9 Å². The molecule has 0 aliphatic rings. The Balaban J connectivity index is 1.59. The Kier molecular flexibility index (Phi) is 4.69. The normalized spacial score (nSPS) is 10.6. The zero-order valence-electron chi connectivity index (χ0n) is 12.3. The predicted molar refractivity (Wildman–Crippen MR) is 93.5 cm³/mol. The van der Waals surface area contributed by atoms with Crippen molar-refractivity contribution in [3.05, 3.63) is 58.1 Å². The third-order valence-electron chi connectivity index (χ3n) is 3.23. The van der Waals surface area contributed by atoms with E-state index in [4.69, 9.17) is 23.2 Å². The van der Waals surface area contributed by atoms with E-state index in [1.54, 1.807) is 6.07 Å². The van der Waals surface area contributed by atoms with Gasteiger partial charge in [0, 0.05) is 5.02 Å². The molecule has 6 nitrogen and oxygen atoms in total. The van der Waals surface area contributed by atoms with Gasteiger partial charge in [0.15, 0.2) is 0 Å². The van der Waals surface area contributed by atoms with E-state index >= 15 is 0 Å². The predicted octanol–water partition coefficient (Wildman–Crippen LogP) is 3.24. The van der Waals surface area contributed by atoms with Gasteiger partial charge in [0.05, 0.1) is 28.2 Å². The minimum Gasteiger partial charge on any atom is -0.343 e. The zero-order valence-corrected chi connectivity index (χ0v) is 13.8. The second-order valence-corrected chi connectivity index (χ2v) is 5.80. The molecule has 0 saturated carbocycles. The molecule has 1 aromatic heterocycles. The number of benzene rings is 2. The molecular weight excluding hydrogens is 351 g/mol. The number of nitrogens with zero attached hydrogens (tertiary/aromatic N) is 1. The van der Waals surface area contributed by atoms with Crippen LogP contribution in [-0.2, 0) is 4.79 Å². The molecule has 3 N–H and O–H groups in total. The number of carbonyl (C=O) groups is 2. The number of hydrogen-bond donors (Lipinski definition) is 3. The molecule has 0 unspecified atom stereocenters. The average Bonchev–Trinajstić information content (AvgIpc) is 2.94. The van der Waals surface area contributed by atoms with Crippen molar-refractivity contribution in [2.45, 2.75) is 0 Å². The number of aromatic amines is 1. The number of fused-ring (bicyclic) bond motifs is 1. The number of rotatable bonds is 4. The molecule has 2 amide bonds. The van der Waals surface area contributed by atoms with E-state index in [1.807, 2.05) is 24.3 Å². The summed E-state index contributed by atoms with van der Waals surface area (Å²) in [6.45, 7) is -0.213. The number of imidazole rings is 1. The summed E-state index contributed by atoms with van der Waals surface area (Å²) in [7, 11) is 0. The summed E-state index contributed by atoms with van der Waals surface area (Å²) in [6, 6.07) is 11.9. The summed E-state index contributed by atoms with van der Waals surface area (Å²) in [6.07, 6.45) is 0. The smallest absolute Gasteiger partial charge is 0.253 e. The van der Waals surface area contributed by atoms with Crippen LogP contribution >= 0.6 is 23.2 Å². The van der Waals surface area contributed by atoms with Crippen LogP contribution in [0.2, 0.25) is 10.0 Å². The summed E-state index contributed by atoms with van der Waals surface area (Å²) in [5.74, 6) is -0.552. The fraction of sp³-hybridized carbons (Fsp3) is 0.0625. The first-order valence-electron chi connectivity index (χ1n) is 7.01. The lowest BCUT2D eigenvalue weighted by Crippen LogP contribution is -2.33. The van der Waals surface area contributed by atoms with E-state index in [1.165, 1.54) is 12.1 Å². The Hall–Kier alpha value is -2.57. The lowest BCUT2D eigenvalue weighted by atomic mass is 10.2. The number of aromatic nitrogens is 2. The number of amides is 2. The second-order valence-electron chi connectivity index (χ2n) is 4.96. The highest BCUT2D eigenvalue weighted by molar-refractivity contribution is 6.36. The molecular formula is C16H12Cl2N4O2. The van der Waals surface area contributed by atoms with Gasteiger partial charge in [-0.25, -0.2) is 4.98 Å². The van der Waals surface area contributed by atoms with Crippen LogP contribution in [0.25, 0.3) is 11.0 Å². The van der Waals surface area contributed by atoms with Gasteiger partial charge >= 0.3 is 0 Å². The maximum absolute atomic E-state index is 12.0. The van der Waals surface area contributed by atoms with Crippen LogP contribution in [0, 0.1) is 0 Å². The molecule has 0 radical (unpaired) electrons. The molecule has 0 bridgehead atoms. The Labute approximate surface area is 147 Å². The van der Waals surface area contributed by atoms with Crippen molar-refractivity contribution < 1.29 is 9.59 Å². The standard InChI is InChI=1S/C16H12Cl2N4O2/c17-9-5-6-10(11(18)7-9)15(24)19-8-14(23)22-16-20-12-3-1-2-4-13(12)21-16/h1-7H,8H2,(H,19,24)(H2,20,21,22,23). The van der Waals surface area contributed by atoms with Crippen LogP contribution in [0.15, 0.2) is 42.5 Å². The highest BCUT2D eigenvalue weighted by atomic mass is 35.5. The molecule has 0 spiro atoms. The largest absolute Gasteiger partial charge is 0.343 e. The average molecular weight is 363 g/mol. The zero-order chi connectivity index (χ0) is 17.1. The number of para-hydroxylation sites is 2. The monoisotopic (exact) mass is 362 g/mol. The van der Waals surface area contributed by atoms with Gasteiger partial charge in [-0.3, -0.25) is 14.9 Å². The van der Waals surface area contributed by atoms with Crippen molar-refractivity contribution in [1.29, 1.82) is 0 Å². The van der Waals surface area contributed by atoms with Crippen LogP contribution in [0.3, 0.4) is 0 Å². The van der Waals surface area contributed by atoms with E-state index in [2.05, 4.69) is 20.6 Å². The van der Waals surface area contributed by atoms with Crippen molar-refractivity contribution >= 4 is 52.0 Å². The van der Waals surface area contributed by atoms with Crippen LogP contribution in [0.5, 0.6) is 0 Å². The molecule has 8 heteroatoms. The summed E-state index contributed by atoms with van der Waals surface area (Å²) >= 11 is 11.7. The van der Waals surface area contributed by atoms with Gasteiger partial charge in [-0.1, -0.05) is 35.3 Å².